The van der Waals surface area contributed by atoms with Crippen LogP contribution >= 0.6 is 0 Å². The van der Waals surface area contributed by atoms with E-state index in [2.05, 4.69) is 14.9 Å². The molecule has 3 heterocycles. The molecule has 1 aromatic heterocycles. The molecule has 1 aromatic carbocycles. The molecule has 0 atom stereocenters. The molecule has 0 radical (unpaired) electrons. The summed E-state index contributed by atoms with van der Waals surface area (Å²) in [4.78, 5) is 23.6. The van der Waals surface area contributed by atoms with Crippen LogP contribution in [0.2, 0.25) is 0 Å². The summed E-state index contributed by atoms with van der Waals surface area (Å²) >= 11 is 0. The highest BCUT2D eigenvalue weighted by molar-refractivity contribution is 5.73. The number of H-pyrrole nitrogens is 1. The number of amides is 1. The SMILES string of the molecule is CC(=O)N1CCC(N2CCc3nc(-c4ccc(F)cc4F)[nH]c3C2)CC1. The minimum atomic E-state index is -0.607. The highest BCUT2D eigenvalue weighted by atomic mass is 19.1. The number of aromatic nitrogens is 2. The molecule has 0 saturated carbocycles. The molecule has 26 heavy (non-hydrogen) atoms. The number of halogens is 2. The van der Waals surface area contributed by atoms with Crippen molar-refractivity contribution in [1.82, 2.24) is 19.8 Å². The van der Waals surface area contributed by atoms with Gasteiger partial charge in [0, 0.05) is 51.6 Å². The number of nitrogens with one attached hydrogen (secondary N) is 1. The maximum Gasteiger partial charge on any atom is 0.219 e. The zero-order chi connectivity index (χ0) is 18.3. The van der Waals surface area contributed by atoms with E-state index in [1.165, 1.54) is 12.1 Å². The summed E-state index contributed by atoms with van der Waals surface area (Å²) in [7, 11) is 0. The molecule has 2 aliphatic rings. The number of piperidine rings is 1. The van der Waals surface area contributed by atoms with E-state index in [0.717, 1.165) is 62.9 Å². The van der Waals surface area contributed by atoms with E-state index >= 15 is 0 Å². The maximum absolute atomic E-state index is 14.0. The number of likely N-dealkylation sites (tertiary alicyclic amines) is 1. The summed E-state index contributed by atoms with van der Waals surface area (Å²) in [5.41, 5.74) is 2.26. The molecule has 0 unspecified atom stereocenters. The Bertz CT molecular complexity index is 827. The number of fused-ring (bicyclic) bond motifs is 1. The number of rotatable bonds is 2. The number of imidazole rings is 1. The summed E-state index contributed by atoms with van der Waals surface area (Å²) in [6, 6.07) is 4.00. The van der Waals surface area contributed by atoms with Gasteiger partial charge in [-0.05, 0) is 25.0 Å². The van der Waals surface area contributed by atoms with Crippen molar-refractivity contribution in [3.05, 3.63) is 41.2 Å². The predicted octanol–water partition coefficient (Wildman–Crippen LogP) is 2.72. The molecule has 0 spiro atoms. The molecule has 5 nitrogen and oxygen atoms in total. The van der Waals surface area contributed by atoms with Gasteiger partial charge in [-0.2, -0.15) is 0 Å². The summed E-state index contributed by atoms with van der Waals surface area (Å²) in [6.07, 6.45) is 2.76. The van der Waals surface area contributed by atoms with Crippen LogP contribution in [0.5, 0.6) is 0 Å². The molecule has 1 N–H and O–H groups in total. The fourth-order valence-corrected chi connectivity index (χ4v) is 3.98. The van der Waals surface area contributed by atoms with E-state index < -0.39 is 11.6 Å². The Morgan fingerprint density at radius 1 is 1.23 bits per heavy atom. The van der Waals surface area contributed by atoms with E-state index in [1.807, 2.05) is 4.90 Å². The lowest BCUT2D eigenvalue weighted by molar-refractivity contribution is -0.130. The topological polar surface area (TPSA) is 52.2 Å². The molecule has 2 aliphatic heterocycles. The molecule has 138 valence electrons. The monoisotopic (exact) mass is 360 g/mol. The second kappa shape index (κ2) is 6.79. The average molecular weight is 360 g/mol. The first-order chi connectivity index (χ1) is 12.5. The standard InChI is InChI=1S/C19H22F2N4O/c1-12(26)24-7-4-14(5-8-24)25-9-6-17-18(11-25)23-19(22-17)15-3-2-13(20)10-16(15)21/h2-3,10,14H,4-9,11H2,1H3,(H,22,23). The molecule has 0 aliphatic carbocycles. The van der Waals surface area contributed by atoms with Gasteiger partial charge < -0.3 is 9.88 Å². The lowest BCUT2D eigenvalue weighted by Gasteiger charge is -2.39. The minimum absolute atomic E-state index is 0.143. The first kappa shape index (κ1) is 17.1. The van der Waals surface area contributed by atoms with E-state index in [4.69, 9.17) is 0 Å². The van der Waals surface area contributed by atoms with Crippen LogP contribution in [0.15, 0.2) is 18.2 Å². The van der Waals surface area contributed by atoms with Gasteiger partial charge in [0.25, 0.3) is 0 Å². The number of carbonyl (C=O) groups excluding carboxylic acids is 1. The van der Waals surface area contributed by atoms with E-state index in [-0.39, 0.29) is 5.91 Å². The lowest BCUT2D eigenvalue weighted by atomic mass is 10.00. The van der Waals surface area contributed by atoms with Gasteiger partial charge in [-0.3, -0.25) is 9.69 Å². The molecule has 1 amide bonds. The van der Waals surface area contributed by atoms with Crippen LogP contribution in [0.1, 0.15) is 31.2 Å². The van der Waals surface area contributed by atoms with Crippen molar-refractivity contribution in [3.8, 4) is 11.4 Å². The highest BCUT2D eigenvalue weighted by Gasteiger charge is 2.29. The normalized spacial score (nSPS) is 18.8. The summed E-state index contributed by atoms with van der Waals surface area (Å²) in [5, 5.41) is 0. The quantitative estimate of drug-likeness (QED) is 0.896. The molecule has 1 fully saturated rings. The zero-order valence-electron chi connectivity index (χ0n) is 14.8. The first-order valence-corrected chi connectivity index (χ1v) is 9.04. The van der Waals surface area contributed by atoms with E-state index in [9.17, 15) is 13.6 Å². The molecular formula is C19H22F2N4O. The number of benzene rings is 1. The zero-order valence-corrected chi connectivity index (χ0v) is 14.8. The number of nitrogens with zero attached hydrogens (tertiary/aromatic N) is 3. The molecule has 7 heteroatoms. The van der Waals surface area contributed by atoms with Crippen LogP contribution < -0.4 is 0 Å². The molecular weight excluding hydrogens is 338 g/mol. The Morgan fingerprint density at radius 2 is 2.00 bits per heavy atom. The van der Waals surface area contributed by atoms with Gasteiger partial charge in [0.15, 0.2) is 0 Å². The Hall–Kier alpha value is -2.28. The summed E-state index contributed by atoms with van der Waals surface area (Å²) in [5.74, 6) is -0.597. The van der Waals surface area contributed by atoms with Crippen molar-refractivity contribution in [2.45, 2.75) is 38.8 Å². The fraction of sp³-hybridized carbons (Fsp3) is 0.474. The van der Waals surface area contributed by atoms with Gasteiger partial charge in [0.2, 0.25) is 5.91 Å². The van der Waals surface area contributed by atoms with Crippen LogP contribution in [0.25, 0.3) is 11.4 Å². The van der Waals surface area contributed by atoms with Crippen LogP contribution in [0, 0.1) is 11.6 Å². The first-order valence-electron chi connectivity index (χ1n) is 9.04. The molecule has 1 saturated heterocycles. The Labute approximate surface area is 151 Å². The largest absolute Gasteiger partial charge is 0.343 e. The second-order valence-corrected chi connectivity index (χ2v) is 7.09. The van der Waals surface area contributed by atoms with Gasteiger partial charge >= 0.3 is 0 Å². The van der Waals surface area contributed by atoms with E-state index in [1.54, 1.807) is 6.92 Å². The van der Waals surface area contributed by atoms with Crippen molar-refractivity contribution < 1.29 is 13.6 Å². The third-order valence-electron chi connectivity index (χ3n) is 5.47. The van der Waals surface area contributed by atoms with Gasteiger partial charge in [-0.15, -0.1) is 0 Å². The van der Waals surface area contributed by atoms with Crippen LogP contribution in [-0.4, -0.2) is 51.4 Å². The van der Waals surface area contributed by atoms with E-state index in [0.29, 0.717) is 17.4 Å². The molecule has 0 bridgehead atoms. The Kier molecular flexibility index (Phi) is 4.48. The third kappa shape index (κ3) is 3.23. The number of aromatic amines is 1. The maximum atomic E-state index is 14.0. The summed E-state index contributed by atoms with van der Waals surface area (Å²) < 4.78 is 27.2. The van der Waals surface area contributed by atoms with Gasteiger partial charge in [0.05, 0.1) is 17.0 Å². The smallest absolute Gasteiger partial charge is 0.219 e. The van der Waals surface area contributed by atoms with Crippen molar-refractivity contribution in [2.75, 3.05) is 19.6 Å². The Balaban J connectivity index is 1.48. The minimum Gasteiger partial charge on any atom is -0.343 e. The second-order valence-electron chi connectivity index (χ2n) is 7.09. The van der Waals surface area contributed by atoms with Crippen LogP contribution in [0.3, 0.4) is 0 Å². The third-order valence-corrected chi connectivity index (χ3v) is 5.47. The number of hydrogen-bond acceptors (Lipinski definition) is 3. The summed E-state index contributed by atoms with van der Waals surface area (Å²) in [6.45, 7) is 4.88. The van der Waals surface area contributed by atoms with Gasteiger partial charge in [-0.1, -0.05) is 0 Å². The highest BCUT2D eigenvalue weighted by Crippen LogP contribution is 2.27. The molecule has 2 aromatic rings. The van der Waals surface area contributed by atoms with Crippen molar-refractivity contribution in [3.63, 3.8) is 0 Å². The van der Waals surface area contributed by atoms with Crippen LogP contribution in [0.4, 0.5) is 8.78 Å². The predicted molar refractivity (Wildman–Crippen MR) is 93.3 cm³/mol. The lowest BCUT2D eigenvalue weighted by Crippen LogP contribution is -2.47. The number of hydrogen-bond donors (Lipinski definition) is 1. The Morgan fingerprint density at radius 3 is 2.69 bits per heavy atom. The van der Waals surface area contributed by atoms with Crippen molar-refractivity contribution >= 4 is 5.91 Å². The number of carbonyl (C=O) groups is 1. The fourth-order valence-electron chi connectivity index (χ4n) is 3.98. The van der Waals surface area contributed by atoms with Gasteiger partial charge in [0.1, 0.15) is 17.5 Å². The van der Waals surface area contributed by atoms with Crippen molar-refractivity contribution in [1.29, 1.82) is 0 Å². The van der Waals surface area contributed by atoms with Crippen LogP contribution in [-0.2, 0) is 17.8 Å². The van der Waals surface area contributed by atoms with Gasteiger partial charge in [-0.25, -0.2) is 13.8 Å². The molecule has 4 rings (SSSR count). The van der Waals surface area contributed by atoms with Crippen molar-refractivity contribution in [2.24, 2.45) is 0 Å². The average Bonchev–Trinajstić information content (AvgIpc) is 3.04.